The van der Waals surface area contributed by atoms with Gasteiger partial charge in [-0.25, -0.2) is 0 Å². The van der Waals surface area contributed by atoms with Gasteiger partial charge >= 0.3 is 0 Å². The van der Waals surface area contributed by atoms with Crippen molar-refractivity contribution in [1.82, 2.24) is 0 Å². The van der Waals surface area contributed by atoms with Gasteiger partial charge < -0.3 is 9.47 Å². The average Bonchev–Trinajstić information content (AvgIpc) is 2.47. The second-order valence-electron chi connectivity index (χ2n) is 4.67. The van der Waals surface area contributed by atoms with E-state index in [0.29, 0.717) is 0 Å². The Hall–Kier alpha value is 0.100. The Morgan fingerprint density at radius 3 is 2.47 bits per heavy atom. The fourth-order valence-electron chi connectivity index (χ4n) is 1.45. The number of thiophene rings is 1. The zero-order valence-corrected chi connectivity index (χ0v) is 11.6. The highest BCUT2D eigenvalue weighted by Crippen LogP contribution is 2.37. The van der Waals surface area contributed by atoms with Gasteiger partial charge in [0.2, 0.25) is 0 Å². The lowest BCUT2D eigenvalue weighted by Crippen LogP contribution is -2.33. The molecule has 84 valence electrons. The molecule has 0 atom stereocenters. The Kier molecular flexibility index (Phi) is 3.22. The molecule has 4 heteroatoms. The standard InChI is InChI=1S/C11H15BrO2S/c1-7-8(12)4-9(15-7)10-13-5-11(2,3)6-14-10/h4,10H,5-6H2,1-3H3. The first-order valence-corrected chi connectivity index (χ1v) is 6.58. The van der Waals surface area contributed by atoms with Gasteiger partial charge in [-0.1, -0.05) is 13.8 Å². The highest BCUT2D eigenvalue weighted by Gasteiger charge is 2.30. The lowest BCUT2D eigenvalue weighted by Gasteiger charge is -2.34. The predicted octanol–water partition coefficient (Wildman–Crippen LogP) is 3.89. The molecule has 1 aliphatic rings. The van der Waals surface area contributed by atoms with Crippen molar-refractivity contribution in [1.29, 1.82) is 0 Å². The third-order valence-corrected chi connectivity index (χ3v) is 4.52. The maximum Gasteiger partial charge on any atom is 0.193 e. The van der Waals surface area contributed by atoms with Crippen LogP contribution in [0.15, 0.2) is 10.5 Å². The van der Waals surface area contributed by atoms with E-state index in [2.05, 4.69) is 42.8 Å². The molecule has 1 aromatic rings. The fraction of sp³-hybridized carbons (Fsp3) is 0.636. The van der Waals surface area contributed by atoms with E-state index in [-0.39, 0.29) is 11.7 Å². The van der Waals surface area contributed by atoms with E-state index in [1.165, 1.54) is 4.88 Å². The second-order valence-corrected chi connectivity index (χ2v) is 6.81. The topological polar surface area (TPSA) is 18.5 Å². The molecule has 0 aromatic carbocycles. The lowest BCUT2D eigenvalue weighted by molar-refractivity contribution is -0.224. The Labute approximate surface area is 103 Å². The third-order valence-electron chi connectivity index (χ3n) is 2.36. The van der Waals surface area contributed by atoms with Crippen LogP contribution in [-0.2, 0) is 9.47 Å². The van der Waals surface area contributed by atoms with Crippen LogP contribution >= 0.6 is 27.3 Å². The molecule has 15 heavy (non-hydrogen) atoms. The quantitative estimate of drug-likeness (QED) is 0.781. The Morgan fingerprint density at radius 2 is 2.00 bits per heavy atom. The van der Waals surface area contributed by atoms with Crippen molar-refractivity contribution in [2.75, 3.05) is 13.2 Å². The van der Waals surface area contributed by atoms with Gasteiger partial charge in [0.05, 0.1) is 18.1 Å². The van der Waals surface area contributed by atoms with E-state index in [4.69, 9.17) is 9.47 Å². The summed E-state index contributed by atoms with van der Waals surface area (Å²) in [5.74, 6) is 0. The highest BCUT2D eigenvalue weighted by molar-refractivity contribution is 9.10. The predicted molar refractivity (Wildman–Crippen MR) is 65.2 cm³/mol. The number of hydrogen-bond donors (Lipinski definition) is 0. The smallest absolute Gasteiger partial charge is 0.193 e. The normalized spacial score (nSPS) is 21.9. The largest absolute Gasteiger partial charge is 0.347 e. The minimum atomic E-state index is -0.173. The van der Waals surface area contributed by atoms with Crippen LogP contribution in [0.25, 0.3) is 0 Å². The summed E-state index contributed by atoms with van der Waals surface area (Å²) in [5, 5.41) is 0. The van der Waals surface area contributed by atoms with Crippen molar-refractivity contribution in [2.24, 2.45) is 5.41 Å². The van der Waals surface area contributed by atoms with Crippen LogP contribution in [0.1, 0.15) is 29.9 Å². The first-order valence-electron chi connectivity index (χ1n) is 4.97. The third kappa shape index (κ3) is 2.61. The number of ether oxygens (including phenoxy) is 2. The van der Waals surface area contributed by atoms with Crippen molar-refractivity contribution < 1.29 is 9.47 Å². The Balaban J connectivity index is 2.07. The maximum atomic E-state index is 5.71. The maximum absolute atomic E-state index is 5.71. The molecule has 0 radical (unpaired) electrons. The molecule has 0 aliphatic carbocycles. The van der Waals surface area contributed by atoms with Crippen LogP contribution in [0.5, 0.6) is 0 Å². The van der Waals surface area contributed by atoms with Gasteiger partial charge in [-0.15, -0.1) is 11.3 Å². The molecule has 2 heterocycles. The van der Waals surface area contributed by atoms with Gasteiger partial charge in [0.15, 0.2) is 6.29 Å². The molecule has 0 unspecified atom stereocenters. The van der Waals surface area contributed by atoms with E-state index >= 15 is 0 Å². The van der Waals surface area contributed by atoms with Crippen LogP contribution < -0.4 is 0 Å². The van der Waals surface area contributed by atoms with Crippen LogP contribution in [0.4, 0.5) is 0 Å². The zero-order valence-electron chi connectivity index (χ0n) is 9.17. The number of aryl methyl sites for hydroxylation is 1. The van der Waals surface area contributed by atoms with Crippen LogP contribution in [0.2, 0.25) is 0 Å². The van der Waals surface area contributed by atoms with Crippen molar-refractivity contribution in [3.8, 4) is 0 Å². The van der Waals surface area contributed by atoms with E-state index < -0.39 is 0 Å². The summed E-state index contributed by atoms with van der Waals surface area (Å²) < 4.78 is 12.6. The summed E-state index contributed by atoms with van der Waals surface area (Å²) in [7, 11) is 0. The minimum Gasteiger partial charge on any atom is -0.347 e. The summed E-state index contributed by atoms with van der Waals surface area (Å²) in [6.07, 6.45) is -0.173. The van der Waals surface area contributed by atoms with E-state index in [0.717, 1.165) is 22.6 Å². The molecule has 1 saturated heterocycles. The molecule has 0 saturated carbocycles. The summed E-state index contributed by atoms with van der Waals surface area (Å²) in [6.45, 7) is 7.90. The monoisotopic (exact) mass is 290 g/mol. The number of halogens is 1. The molecule has 1 fully saturated rings. The SMILES string of the molecule is Cc1sc(C2OCC(C)(C)CO2)cc1Br. The minimum absolute atomic E-state index is 0.139. The average molecular weight is 291 g/mol. The zero-order chi connectivity index (χ0) is 11.1. The van der Waals surface area contributed by atoms with Crippen LogP contribution in [0.3, 0.4) is 0 Å². The molecule has 0 amide bonds. The van der Waals surface area contributed by atoms with E-state index in [1.54, 1.807) is 11.3 Å². The Bertz CT molecular complexity index is 330. The lowest BCUT2D eigenvalue weighted by atomic mass is 9.96. The van der Waals surface area contributed by atoms with Gasteiger partial charge in [-0.2, -0.15) is 0 Å². The molecular formula is C11H15BrO2S. The van der Waals surface area contributed by atoms with Crippen molar-refractivity contribution in [3.63, 3.8) is 0 Å². The van der Waals surface area contributed by atoms with Crippen LogP contribution in [-0.4, -0.2) is 13.2 Å². The van der Waals surface area contributed by atoms with E-state index in [1.807, 2.05) is 0 Å². The molecule has 0 bridgehead atoms. The molecule has 1 aromatic heterocycles. The van der Waals surface area contributed by atoms with Gasteiger partial charge in [-0.05, 0) is 28.9 Å². The molecular weight excluding hydrogens is 276 g/mol. The number of rotatable bonds is 1. The molecule has 0 N–H and O–H groups in total. The van der Waals surface area contributed by atoms with E-state index in [9.17, 15) is 0 Å². The second kappa shape index (κ2) is 4.17. The number of hydrogen-bond acceptors (Lipinski definition) is 3. The first-order chi connectivity index (χ1) is 6.98. The molecule has 2 nitrogen and oxygen atoms in total. The van der Waals surface area contributed by atoms with Gasteiger partial charge in [0.1, 0.15) is 0 Å². The summed E-state index contributed by atoms with van der Waals surface area (Å²) in [4.78, 5) is 2.41. The van der Waals surface area contributed by atoms with Crippen molar-refractivity contribution >= 4 is 27.3 Å². The molecule has 1 aliphatic heterocycles. The summed E-state index contributed by atoms with van der Waals surface area (Å²) in [6, 6.07) is 2.09. The van der Waals surface area contributed by atoms with Crippen molar-refractivity contribution in [3.05, 3.63) is 20.3 Å². The first kappa shape index (κ1) is 11.6. The Morgan fingerprint density at radius 1 is 1.40 bits per heavy atom. The molecule has 0 spiro atoms. The van der Waals surface area contributed by atoms with Gasteiger partial charge in [0.25, 0.3) is 0 Å². The fourth-order valence-corrected chi connectivity index (χ4v) is 3.01. The summed E-state index contributed by atoms with van der Waals surface area (Å²) in [5.41, 5.74) is 0.139. The van der Waals surface area contributed by atoms with Crippen molar-refractivity contribution in [2.45, 2.75) is 27.1 Å². The van der Waals surface area contributed by atoms with Crippen LogP contribution in [0, 0.1) is 12.3 Å². The molecule has 2 rings (SSSR count). The highest BCUT2D eigenvalue weighted by atomic mass is 79.9. The van der Waals surface area contributed by atoms with Gasteiger partial charge in [-0.3, -0.25) is 0 Å². The summed E-state index contributed by atoms with van der Waals surface area (Å²) >= 11 is 5.23. The van der Waals surface area contributed by atoms with Gasteiger partial charge in [0, 0.05) is 14.8 Å².